The van der Waals surface area contributed by atoms with Crippen molar-refractivity contribution in [2.45, 2.75) is 26.0 Å². The monoisotopic (exact) mass is 372 g/mol. The Morgan fingerprint density at radius 3 is 2.60 bits per heavy atom. The molecule has 2 aromatic carbocycles. The van der Waals surface area contributed by atoms with Gasteiger partial charge in [0.15, 0.2) is 5.78 Å². The minimum Gasteiger partial charge on any atom is -0.411 e. The van der Waals surface area contributed by atoms with Crippen LogP contribution in [0.4, 0.5) is 0 Å². The highest BCUT2D eigenvalue weighted by molar-refractivity contribution is 7.99. The average Bonchev–Trinajstić information content (AvgIpc) is 3.05. The first kappa shape index (κ1) is 17.7. The van der Waals surface area contributed by atoms with E-state index in [-0.39, 0.29) is 11.5 Å². The van der Waals surface area contributed by atoms with Gasteiger partial charge in [-0.25, -0.2) is 0 Å². The summed E-state index contributed by atoms with van der Waals surface area (Å²) in [5, 5.41) is 8.97. The Kier molecular flexibility index (Phi) is 5.25. The number of aryl methyl sites for hydroxylation is 3. The highest BCUT2D eigenvalue weighted by atomic mass is 35.5. The molecule has 1 heterocycles. The summed E-state index contributed by atoms with van der Waals surface area (Å²) in [6.07, 6.45) is 0. The van der Waals surface area contributed by atoms with E-state index in [4.69, 9.17) is 16.0 Å². The maximum Gasteiger partial charge on any atom is 0.277 e. The van der Waals surface area contributed by atoms with E-state index in [2.05, 4.69) is 10.2 Å². The number of nitrogens with zero attached hydrogens (tertiary/aromatic N) is 2. The molecular weight excluding hydrogens is 356 g/mol. The Morgan fingerprint density at radius 1 is 1.08 bits per heavy atom. The van der Waals surface area contributed by atoms with Crippen molar-refractivity contribution in [3.63, 3.8) is 0 Å². The SMILES string of the molecule is Cc1cc(C)c(C(=O)CSc2nnc(-c3cccc(Cl)c3)o2)cc1C. The van der Waals surface area contributed by atoms with Gasteiger partial charge in [0, 0.05) is 16.1 Å². The first-order valence-electron chi connectivity index (χ1n) is 7.77. The molecule has 0 aliphatic carbocycles. The Bertz CT molecular complexity index is 937. The van der Waals surface area contributed by atoms with Crippen LogP contribution in [0.2, 0.25) is 5.02 Å². The number of thioether (sulfide) groups is 1. The predicted octanol–water partition coefficient (Wildman–Crippen LogP) is 5.29. The summed E-state index contributed by atoms with van der Waals surface area (Å²) in [6.45, 7) is 6.00. The zero-order valence-corrected chi connectivity index (χ0v) is 15.7. The molecule has 128 valence electrons. The van der Waals surface area contributed by atoms with Crippen molar-refractivity contribution in [2.24, 2.45) is 0 Å². The molecule has 0 saturated carbocycles. The number of aromatic nitrogens is 2. The quantitative estimate of drug-likeness (QED) is 0.450. The second-order valence-electron chi connectivity index (χ2n) is 5.85. The smallest absolute Gasteiger partial charge is 0.277 e. The Hall–Kier alpha value is -2.11. The van der Waals surface area contributed by atoms with Crippen LogP contribution < -0.4 is 0 Å². The second-order valence-corrected chi connectivity index (χ2v) is 7.21. The summed E-state index contributed by atoms with van der Waals surface area (Å²) in [5.74, 6) is 0.688. The molecule has 0 amide bonds. The molecule has 0 fully saturated rings. The number of rotatable bonds is 5. The Labute approximate surface area is 155 Å². The van der Waals surface area contributed by atoms with E-state index < -0.39 is 0 Å². The van der Waals surface area contributed by atoms with Crippen LogP contribution in [0.5, 0.6) is 0 Å². The van der Waals surface area contributed by atoms with Gasteiger partial charge in [-0.05, 0) is 61.7 Å². The Balaban J connectivity index is 1.70. The minimum atomic E-state index is 0.0492. The molecule has 0 spiro atoms. The van der Waals surface area contributed by atoms with Gasteiger partial charge in [0.1, 0.15) is 0 Å². The summed E-state index contributed by atoms with van der Waals surface area (Å²) in [4.78, 5) is 12.5. The van der Waals surface area contributed by atoms with Crippen molar-refractivity contribution in [2.75, 3.05) is 5.75 Å². The third-order valence-corrected chi connectivity index (χ3v) is 5.00. The van der Waals surface area contributed by atoms with E-state index in [1.165, 1.54) is 17.3 Å². The predicted molar refractivity (Wildman–Crippen MR) is 100 cm³/mol. The van der Waals surface area contributed by atoms with Crippen molar-refractivity contribution in [1.82, 2.24) is 10.2 Å². The molecule has 6 heteroatoms. The van der Waals surface area contributed by atoms with Crippen molar-refractivity contribution < 1.29 is 9.21 Å². The lowest BCUT2D eigenvalue weighted by molar-refractivity contribution is 0.102. The van der Waals surface area contributed by atoms with Crippen LogP contribution in [0.15, 0.2) is 46.0 Å². The van der Waals surface area contributed by atoms with Crippen molar-refractivity contribution in [3.05, 3.63) is 63.7 Å². The molecule has 0 radical (unpaired) electrons. The van der Waals surface area contributed by atoms with E-state index >= 15 is 0 Å². The molecule has 0 unspecified atom stereocenters. The number of benzene rings is 2. The van der Waals surface area contributed by atoms with Gasteiger partial charge < -0.3 is 4.42 Å². The van der Waals surface area contributed by atoms with E-state index in [9.17, 15) is 4.79 Å². The highest BCUT2D eigenvalue weighted by Crippen LogP contribution is 2.26. The van der Waals surface area contributed by atoms with Crippen molar-refractivity contribution in [3.8, 4) is 11.5 Å². The fourth-order valence-electron chi connectivity index (χ4n) is 2.47. The standard InChI is InChI=1S/C19H17ClN2O2S/c1-11-7-13(3)16(8-12(11)2)17(23)10-25-19-22-21-18(24-19)14-5-4-6-15(20)9-14/h4-9H,10H2,1-3H3. The number of hydrogen-bond acceptors (Lipinski definition) is 5. The largest absolute Gasteiger partial charge is 0.411 e. The molecule has 0 aliphatic heterocycles. The zero-order chi connectivity index (χ0) is 18.0. The molecular formula is C19H17ClN2O2S. The van der Waals surface area contributed by atoms with Gasteiger partial charge in [-0.3, -0.25) is 4.79 Å². The van der Waals surface area contributed by atoms with Gasteiger partial charge in [0.25, 0.3) is 5.22 Å². The third-order valence-electron chi connectivity index (χ3n) is 3.95. The molecule has 0 bridgehead atoms. The van der Waals surface area contributed by atoms with Crippen LogP contribution in [0.25, 0.3) is 11.5 Å². The number of carbonyl (C=O) groups is 1. The fraction of sp³-hybridized carbons (Fsp3) is 0.211. The van der Waals surface area contributed by atoms with E-state index in [1.54, 1.807) is 12.1 Å². The topological polar surface area (TPSA) is 56.0 Å². The molecule has 0 aliphatic rings. The summed E-state index contributed by atoms with van der Waals surface area (Å²) < 4.78 is 5.61. The highest BCUT2D eigenvalue weighted by Gasteiger charge is 2.15. The number of hydrogen-bond donors (Lipinski definition) is 0. The molecule has 25 heavy (non-hydrogen) atoms. The molecule has 3 aromatic rings. The normalized spacial score (nSPS) is 10.9. The number of carbonyl (C=O) groups excluding carboxylic acids is 1. The van der Waals surface area contributed by atoms with Gasteiger partial charge in [-0.2, -0.15) is 0 Å². The van der Waals surface area contributed by atoms with Crippen LogP contribution in [0.3, 0.4) is 0 Å². The van der Waals surface area contributed by atoms with Gasteiger partial charge in [-0.1, -0.05) is 35.5 Å². The van der Waals surface area contributed by atoms with Gasteiger partial charge in [0.2, 0.25) is 5.89 Å². The lowest BCUT2D eigenvalue weighted by Gasteiger charge is -2.08. The number of halogens is 1. The molecule has 3 rings (SSSR count). The average molecular weight is 373 g/mol. The van der Waals surface area contributed by atoms with Crippen molar-refractivity contribution >= 4 is 29.1 Å². The molecule has 1 aromatic heterocycles. The van der Waals surface area contributed by atoms with Gasteiger partial charge in [0.05, 0.1) is 5.75 Å². The number of ketones is 1. The van der Waals surface area contributed by atoms with Crippen molar-refractivity contribution in [1.29, 1.82) is 0 Å². The molecule has 0 N–H and O–H groups in total. The lowest BCUT2D eigenvalue weighted by Crippen LogP contribution is -2.06. The van der Waals surface area contributed by atoms with Gasteiger partial charge >= 0.3 is 0 Å². The van der Waals surface area contributed by atoms with Crippen LogP contribution in [-0.4, -0.2) is 21.7 Å². The van der Waals surface area contributed by atoms with E-state index in [1.807, 2.05) is 45.0 Å². The van der Waals surface area contributed by atoms with Crippen LogP contribution >= 0.6 is 23.4 Å². The van der Waals surface area contributed by atoms with E-state index in [0.29, 0.717) is 16.1 Å². The molecule has 4 nitrogen and oxygen atoms in total. The molecule has 0 saturated heterocycles. The summed E-state index contributed by atoms with van der Waals surface area (Å²) in [5.41, 5.74) is 4.77. The van der Waals surface area contributed by atoms with Gasteiger partial charge in [-0.15, -0.1) is 10.2 Å². The van der Waals surface area contributed by atoms with Crippen LogP contribution in [-0.2, 0) is 0 Å². The van der Waals surface area contributed by atoms with E-state index in [0.717, 1.165) is 22.3 Å². The van der Waals surface area contributed by atoms with Crippen LogP contribution in [0, 0.1) is 20.8 Å². The minimum absolute atomic E-state index is 0.0492. The first-order chi connectivity index (χ1) is 11.9. The maximum atomic E-state index is 12.5. The second kappa shape index (κ2) is 7.42. The maximum absolute atomic E-state index is 12.5. The zero-order valence-electron chi connectivity index (χ0n) is 14.2. The molecule has 0 atom stereocenters. The third kappa shape index (κ3) is 4.11. The summed E-state index contributed by atoms with van der Waals surface area (Å²) >= 11 is 7.21. The summed E-state index contributed by atoms with van der Waals surface area (Å²) in [6, 6.07) is 11.2. The Morgan fingerprint density at radius 2 is 1.84 bits per heavy atom. The lowest BCUT2D eigenvalue weighted by atomic mass is 9.99. The first-order valence-corrected chi connectivity index (χ1v) is 9.13. The van der Waals surface area contributed by atoms with Crippen LogP contribution in [0.1, 0.15) is 27.0 Å². The fourth-order valence-corrected chi connectivity index (χ4v) is 3.31. The summed E-state index contributed by atoms with van der Waals surface area (Å²) in [7, 11) is 0. The number of Topliss-reactive ketones (excluding diaryl/α,β-unsaturated/α-hetero) is 1.